The normalized spacial score (nSPS) is 9.30. The minimum absolute atomic E-state index is 0.692. The number of hydrogen-bond donors (Lipinski definition) is 0. The van der Waals surface area contributed by atoms with E-state index in [0.29, 0.717) is 5.57 Å². The molecule has 0 aliphatic carbocycles. The smallest absolute Gasteiger partial charge is 0.308 e. The molecule has 0 amide bonds. The maximum absolute atomic E-state index is 8.80. The second kappa shape index (κ2) is 6.39. The number of hydrogen-bond acceptors (Lipinski definition) is 2. The lowest BCUT2D eigenvalue weighted by atomic mass is 9.99. The third-order valence-electron chi connectivity index (χ3n) is 2.92. The van der Waals surface area contributed by atoms with Crippen LogP contribution in [0.1, 0.15) is 11.1 Å². The van der Waals surface area contributed by atoms with Crippen LogP contribution in [0.25, 0.3) is 11.1 Å². The lowest BCUT2D eigenvalue weighted by Crippen LogP contribution is -1.91. The van der Waals surface area contributed by atoms with E-state index in [1.807, 2.05) is 48.5 Å². The largest absolute Gasteiger partial charge is 0.497 e. The molecule has 4 nitrogen and oxygen atoms in total. The van der Waals surface area contributed by atoms with Crippen molar-refractivity contribution >= 4 is 11.4 Å². The van der Waals surface area contributed by atoms with Gasteiger partial charge in [0, 0.05) is 0 Å². The van der Waals surface area contributed by atoms with Gasteiger partial charge in [-0.05, 0) is 59.7 Å². The Labute approximate surface area is 117 Å². The first kappa shape index (κ1) is 13.6. The molecule has 100 valence electrons. The molecule has 2 aromatic rings. The van der Waals surface area contributed by atoms with Gasteiger partial charge in [0.05, 0.1) is 14.2 Å². The Morgan fingerprint density at radius 1 is 0.850 bits per heavy atom. The maximum atomic E-state index is 8.80. The molecule has 0 aliphatic rings. The van der Waals surface area contributed by atoms with Crippen LogP contribution >= 0.6 is 0 Å². The lowest BCUT2D eigenvalue weighted by molar-refractivity contribution is 0.00841. The summed E-state index contributed by atoms with van der Waals surface area (Å²) in [6, 6.07) is 14.9. The van der Waals surface area contributed by atoms with Gasteiger partial charge in [-0.2, -0.15) is 0 Å². The second-order valence-electron chi connectivity index (χ2n) is 4.04. The zero-order valence-electron chi connectivity index (χ0n) is 11.3. The average molecular weight is 266 g/mol. The number of nitrogens with zero attached hydrogens (tertiary/aromatic N) is 2. The van der Waals surface area contributed by atoms with E-state index < -0.39 is 0 Å². The van der Waals surface area contributed by atoms with Crippen LogP contribution in [0.5, 0.6) is 11.5 Å². The van der Waals surface area contributed by atoms with Crippen molar-refractivity contribution in [1.82, 2.24) is 0 Å². The van der Waals surface area contributed by atoms with Crippen LogP contribution in [-0.2, 0) is 0 Å². The van der Waals surface area contributed by atoms with Crippen molar-refractivity contribution in [2.45, 2.75) is 0 Å². The molecule has 2 rings (SSSR count). The van der Waals surface area contributed by atoms with E-state index in [-0.39, 0.29) is 0 Å². The van der Waals surface area contributed by atoms with Crippen LogP contribution < -0.4 is 9.47 Å². The Kier molecular flexibility index (Phi) is 4.35. The first-order valence-corrected chi connectivity index (χ1v) is 6.04. The monoisotopic (exact) mass is 266 g/mol. The maximum Gasteiger partial charge on any atom is 0.308 e. The molecule has 0 saturated heterocycles. The van der Waals surface area contributed by atoms with Gasteiger partial charge >= 0.3 is 5.87 Å². The van der Waals surface area contributed by atoms with E-state index in [1.54, 1.807) is 14.2 Å². The third-order valence-corrected chi connectivity index (χ3v) is 2.92. The number of rotatable bonds is 4. The molecule has 0 aromatic heterocycles. The fourth-order valence-electron chi connectivity index (χ4n) is 1.86. The molecule has 0 heterocycles. The molecular formula is C16H14N2O2. The van der Waals surface area contributed by atoms with Crippen molar-refractivity contribution in [2.75, 3.05) is 14.2 Å². The summed E-state index contributed by atoms with van der Waals surface area (Å²) in [6.07, 6.45) is 0. The highest BCUT2D eigenvalue weighted by molar-refractivity contribution is 5.96. The Bertz CT molecular complexity index is 613. The number of ether oxygens (including phenoxy) is 2. The SMILES string of the molecule is COc1ccc(C(=C=[N+]=[N-])c2ccc(OC)cc2)cc1. The van der Waals surface area contributed by atoms with Gasteiger partial charge in [0.1, 0.15) is 17.1 Å². The predicted molar refractivity (Wildman–Crippen MR) is 77.1 cm³/mol. The van der Waals surface area contributed by atoms with Crippen molar-refractivity contribution in [3.63, 3.8) is 0 Å². The molecule has 0 bridgehead atoms. The summed E-state index contributed by atoms with van der Waals surface area (Å²) in [6.45, 7) is 0. The summed E-state index contributed by atoms with van der Waals surface area (Å²) in [7, 11) is 3.23. The van der Waals surface area contributed by atoms with Gasteiger partial charge in [0.25, 0.3) is 0 Å². The Morgan fingerprint density at radius 3 is 1.55 bits per heavy atom. The standard InChI is InChI=1S/C16H14N2O2/c1-19-14-7-3-12(4-8-14)16(11-18-17)13-5-9-15(20-2)10-6-13/h3-10H,1-2H3. The summed E-state index contributed by atoms with van der Waals surface area (Å²) in [4.78, 5) is 3.02. The van der Waals surface area contributed by atoms with Gasteiger partial charge in [-0.3, -0.25) is 0 Å². The van der Waals surface area contributed by atoms with E-state index >= 15 is 0 Å². The molecule has 0 atom stereocenters. The summed E-state index contributed by atoms with van der Waals surface area (Å²) in [5.41, 5.74) is 11.3. The minimum Gasteiger partial charge on any atom is -0.497 e. The van der Waals surface area contributed by atoms with Gasteiger partial charge in [-0.15, -0.1) is 4.79 Å². The van der Waals surface area contributed by atoms with Gasteiger partial charge < -0.3 is 15.0 Å². The molecule has 4 heteroatoms. The highest BCUT2D eigenvalue weighted by Gasteiger charge is 2.09. The molecule has 0 unspecified atom stereocenters. The van der Waals surface area contributed by atoms with Crippen LogP contribution in [-0.4, -0.2) is 24.9 Å². The Hall–Kier alpha value is -2.80. The predicted octanol–water partition coefficient (Wildman–Crippen LogP) is 3.04. The fourth-order valence-corrected chi connectivity index (χ4v) is 1.86. The minimum atomic E-state index is 0.692. The topological polar surface area (TPSA) is 54.9 Å². The average Bonchev–Trinajstić information content (AvgIpc) is 2.53. The summed E-state index contributed by atoms with van der Waals surface area (Å²) < 4.78 is 10.3. The molecule has 0 fully saturated rings. The van der Waals surface area contributed by atoms with Gasteiger partial charge in [0.2, 0.25) is 0 Å². The quantitative estimate of drug-likeness (QED) is 0.485. The third kappa shape index (κ3) is 2.96. The second-order valence-corrected chi connectivity index (χ2v) is 4.04. The van der Waals surface area contributed by atoms with E-state index in [2.05, 4.69) is 10.7 Å². The van der Waals surface area contributed by atoms with Crippen molar-refractivity contribution < 1.29 is 14.3 Å². The van der Waals surface area contributed by atoms with E-state index in [4.69, 9.17) is 15.0 Å². The van der Waals surface area contributed by atoms with E-state index in [0.717, 1.165) is 22.6 Å². The number of methoxy groups -OCH3 is 2. The van der Waals surface area contributed by atoms with Crippen LogP contribution in [0.15, 0.2) is 48.5 Å². The molecule has 0 aliphatic heterocycles. The van der Waals surface area contributed by atoms with Crippen molar-refractivity contribution in [3.8, 4) is 11.5 Å². The molecule has 0 N–H and O–H groups in total. The van der Waals surface area contributed by atoms with Crippen LogP contribution in [0, 0.1) is 0 Å². The fraction of sp³-hybridized carbons (Fsp3) is 0.125. The van der Waals surface area contributed by atoms with Gasteiger partial charge in [-0.25, -0.2) is 0 Å². The van der Waals surface area contributed by atoms with Crippen molar-refractivity contribution in [3.05, 3.63) is 65.2 Å². The first-order valence-electron chi connectivity index (χ1n) is 6.04. The Balaban J connectivity index is 2.45. The molecule has 0 radical (unpaired) electrons. The highest BCUT2D eigenvalue weighted by Crippen LogP contribution is 2.24. The molecule has 0 saturated carbocycles. The van der Waals surface area contributed by atoms with E-state index in [9.17, 15) is 0 Å². The summed E-state index contributed by atoms with van der Waals surface area (Å²) in [5.74, 6) is 4.14. The van der Waals surface area contributed by atoms with Gasteiger partial charge in [-0.1, -0.05) is 0 Å². The van der Waals surface area contributed by atoms with Crippen LogP contribution in [0.4, 0.5) is 0 Å². The number of benzene rings is 2. The molecular weight excluding hydrogens is 252 g/mol. The zero-order chi connectivity index (χ0) is 14.4. The summed E-state index contributed by atoms with van der Waals surface area (Å²) in [5, 5.41) is 0. The molecule has 20 heavy (non-hydrogen) atoms. The van der Waals surface area contributed by atoms with Gasteiger partial charge in [0.15, 0.2) is 0 Å². The lowest BCUT2D eigenvalue weighted by Gasteiger charge is -2.05. The molecule has 0 spiro atoms. The molecule has 2 aromatic carbocycles. The van der Waals surface area contributed by atoms with Crippen molar-refractivity contribution in [1.29, 1.82) is 0 Å². The van der Waals surface area contributed by atoms with E-state index in [1.165, 1.54) is 0 Å². The zero-order valence-corrected chi connectivity index (χ0v) is 11.3. The Morgan fingerprint density at radius 2 is 1.25 bits per heavy atom. The highest BCUT2D eigenvalue weighted by atomic mass is 16.5. The van der Waals surface area contributed by atoms with Crippen LogP contribution in [0.2, 0.25) is 0 Å². The first-order chi connectivity index (χ1) is 9.78. The van der Waals surface area contributed by atoms with Crippen LogP contribution in [0.3, 0.4) is 0 Å². The summed E-state index contributed by atoms with van der Waals surface area (Å²) >= 11 is 0. The van der Waals surface area contributed by atoms with Crippen molar-refractivity contribution in [2.24, 2.45) is 0 Å².